The van der Waals surface area contributed by atoms with Crippen molar-refractivity contribution in [3.8, 4) is 16.9 Å². The summed E-state index contributed by atoms with van der Waals surface area (Å²) in [6.07, 6.45) is -0.530. The molecule has 0 saturated carbocycles. The minimum Gasteiger partial charge on any atom is -0.384 e. The van der Waals surface area contributed by atoms with E-state index in [0.29, 0.717) is 19.6 Å². The number of piperidine rings is 1. The van der Waals surface area contributed by atoms with Gasteiger partial charge in [-0.2, -0.15) is 5.10 Å². The van der Waals surface area contributed by atoms with E-state index in [1.807, 2.05) is 71.5 Å². The smallest absolute Gasteiger partial charge is 0.266 e. The Hall–Kier alpha value is -2.57. The zero-order valence-electron chi connectivity index (χ0n) is 15.5. The largest absolute Gasteiger partial charge is 0.384 e. The Morgan fingerprint density at radius 2 is 1.57 bits per heavy atom. The first-order valence-corrected chi connectivity index (χ1v) is 9.47. The van der Waals surface area contributed by atoms with Crippen LogP contribution in [0.4, 0.5) is 8.78 Å². The molecule has 2 heterocycles. The summed E-state index contributed by atoms with van der Waals surface area (Å²) < 4.78 is 28.0. The number of nitrogens with zero attached hydrogens (tertiary/aromatic N) is 3. The maximum Gasteiger partial charge on any atom is 0.266 e. The van der Waals surface area contributed by atoms with Gasteiger partial charge in [0.2, 0.25) is 0 Å². The maximum absolute atomic E-state index is 13.1. The van der Waals surface area contributed by atoms with Gasteiger partial charge in [0.15, 0.2) is 0 Å². The lowest BCUT2D eigenvalue weighted by atomic mass is 9.91. The van der Waals surface area contributed by atoms with E-state index >= 15 is 0 Å². The highest BCUT2D eigenvalue weighted by Crippen LogP contribution is 2.31. The predicted molar refractivity (Wildman–Crippen MR) is 104 cm³/mol. The molecule has 0 unspecified atom stereocenters. The Kier molecular flexibility index (Phi) is 5.24. The first-order chi connectivity index (χ1) is 13.5. The summed E-state index contributed by atoms with van der Waals surface area (Å²) in [5, 5.41) is 14.8. The predicted octanol–water partition coefficient (Wildman–Crippen LogP) is 4.13. The Labute approximate surface area is 163 Å². The summed E-state index contributed by atoms with van der Waals surface area (Å²) in [6, 6.07) is 19.8. The molecule has 0 aliphatic carbocycles. The second-order valence-electron chi connectivity index (χ2n) is 7.33. The van der Waals surface area contributed by atoms with Crippen molar-refractivity contribution in [1.29, 1.82) is 0 Å². The summed E-state index contributed by atoms with van der Waals surface area (Å²) in [6.45, 7) is 1.48. The van der Waals surface area contributed by atoms with Gasteiger partial charge in [0.1, 0.15) is 5.60 Å². The molecule has 1 saturated heterocycles. The van der Waals surface area contributed by atoms with Crippen LogP contribution in [0.2, 0.25) is 0 Å². The molecular weight excluding hydrogens is 360 g/mol. The summed E-state index contributed by atoms with van der Waals surface area (Å²) in [7, 11) is 0. The summed E-state index contributed by atoms with van der Waals surface area (Å²) >= 11 is 0. The molecule has 0 amide bonds. The van der Waals surface area contributed by atoms with Crippen LogP contribution in [0.15, 0.2) is 66.9 Å². The van der Waals surface area contributed by atoms with Gasteiger partial charge in [-0.25, -0.2) is 13.5 Å². The molecule has 2 aromatic carbocycles. The van der Waals surface area contributed by atoms with E-state index in [2.05, 4.69) is 4.90 Å². The molecule has 0 spiro atoms. The van der Waals surface area contributed by atoms with Crippen LogP contribution in [0.5, 0.6) is 0 Å². The molecule has 28 heavy (non-hydrogen) atoms. The fraction of sp³-hybridized carbons (Fsp3) is 0.318. The molecule has 1 fully saturated rings. The fourth-order valence-corrected chi connectivity index (χ4v) is 3.63. The number of halogens is 2. The van der Waals surface area contributed by atoms with Crippen LogP contribution in [0.25, 0.3) is 16.9 Å². The monoisotopic (exact) mass is 383 g/mol. The Morgan fingerprint density at radius 1 is 0.964 bits per heavy atom. The number of aromatic nitrogens is 2. The number of para-hydroxylation sites is 1. The summed E-state index contributed by atoms with van der Waals surface area (Å²) in [4.78, 5) is 2.11. The summed E-state index contributed by atoms with van der Waals surface area (Å²) in [5.41, 5.74) is 2.06. The molecule has 4 nitrogen and oxygen atoms in total. The van der Waals surface area contributed by atoms with Gasteiger partial charge in [-0.3, -0.25) is 4.90 Å². The van der Waals surface area contributed by atoms with Crippen LogP contribution in [-0.2, 0) is 6.54 Å². The second kappa shape index (κ2) is 7.81. The average molecular weight is 383 g/mol. The van der Waals surface area contributed by atoms with E-state index in [0.717, 1.165) is 22.5 Å². The molecule has 0 atom stereocenters. The van der Waals surface area contributed by atoms with Gasteiger partial charge < -0.3 is 5.11 Å². The van der Waals surface area contributed by atoms with Gasteiger partial charge in [0, 0.05) is 37.0 Å². The number of aliphatic hydroxyl groups is 1. The highest BCUT2D eigenvalue weighted by molar-refractivity contribution is 5.63. The molecule has 1 N–H and O–H groups in total. The lowest BCUT2D eigenvalue weighted by Crippen LogP contribution is -2.48. The number of hydrogen-bond acceptors (Lipinski definition) is 3. The first kappa shape index (κ1) is 18.8. The molecule has 3 aromatic rings. The van der Waals surface area contributed by atoms with E-state index in [1.54, 1.807) is 0 Å². The van der Waals surface area contributed by atoms with Crippen molar-refractivity contribution < 1.29 is 13.9 Å². The molecule has 4 rings (SSSR count). The van der Waals surface area contributed by atoms with Crippen LogP contribution in [-0.4, -0.2) is 44.9 Å². The van der Waals surface area contributed by atoms with Crippen molar-refractivity contribution in [2.75, 3.05) is 13.1 Å². The van der Waals surface area contributed by atoms with E-state index < -0.39 is 12.0 Å². The average Bonchev–Trinajstić information content (AvgIpc) is 3.15. The molecule has 6 heteroatoms. The van der Waals surface area contributed by atoms with Gasteiger partial charge in [-0.05, 0) is 25.0 Å². The quantitative estimate of drug-likeness (QED) is 0.720. The summed E-state index contributed by atoms with van der Waals surface area (Å²) in [5.74, 6) is 0. The lowest BCUT2D eigenvalue weighted by molar-refractivity contribution is -0.127. The van der Waals surface area contributed by atoms with E-state index in [4.69, 9.17) is 5.10 Å². The zero-order chi connectivity index (χ0) is 19.6. The topological polar surface area (TPSA) is 41.3 Å². The van der Waals surface area contributed by atoms with Gasteiger partial charge in [0.25, 0.3) is 6.43 Å². The minimum atomic E-state index is -2.70. The molecule has 1 aliphatic heterocycles. The number of benzene rings is 2. The standard InChI is InChI=1S/C22H23F2N3O/c23-21(24)22(28)11-13-26(14-12-22)15-18-16-27(19-9-5-2-6-10-19)25-20(18)17-7-3-1-4-8-17/h1-10,16,21,28H,11-15H2. The Balaban J connectivity index is 1.60. The van der Waals surface area contributed by atoms with Crippen LogP contribution in [0.1, 0.15) is 18.4 Å². The molecule has 146 valence electrons. The van der Waals surface area contributed by atoms with Crippen molar-refractivity contribution in [3.05, 3.63) is 72.4 Å². The highest BCUT2D eigenvalue weighted by Gasteiger charge is 2.40. The third-order valence-electron chi connectivity index (χ3n) is 5.38. The lowest BCUT2D eigenvalue weighted by Gasteiger charge is -2.37. The van der Waals surface area contributed by atoms with Crippen molar-refractivity contribution >= 4 is 0 Å². The zero-order valence-corrected chi connectivity index (χ0v) is 15.5. The van der Waals surface area contributed by atoms with Gasteiger partial charge in [-0.15, -0.1) is 0 Å². The van der Waals surface area contributed by atoms with Crippen molar-refractivity contribution in [3.63, 3.8) is 0 Å². The van der Waals surface area contributed by atoms with Crippen LogP contribution in [0.3, 0.4) is 0 Å². The minimum absolute atomic E-state index is 0.0815. The molecule has 0 radical (unpaired) electrons. The number of likely N-dealkylation sites (tertiary alicyclic amines) is 1. The fourth-order valence-electron chi connectivity index (χ4n) is 3.63. The number of rotatable bonds is 5. The Bertz CT molecular complexity index is 904. The normalized spacial score (nSPS) is 17.1. The highest BCUT2D eigenvalue weighted by atomic mass is 19.3. The van der Waals surface area contributed by atoms with Crippen LogP contribution < -0.4 is 0 Å². The molecular formula is C22H23F2N3O. The maximum atomic E-state index is 13.1. The third kappa shape index (κ3) is 3.84. The third-order valence-corrected chi connectivity index (χ3v) is 5.38. The first-order valence-electron chi connectivity index (χ1n) is 9.47. The van der Waals surface area contributed by atoms with E-state index in [-0.39, 0.29) is 12.8 Å². The molecule has 0 bridgehead atoms. The van der Waals surface area contributed by atoms with E-state index in [9.17, 15) is 13.9 Å². The van der Waals surface area contributed by atoms with Gasteiger partial charge >= 0.3 is 0 Å². The number of alkyl halides is 2. The molecule has 1 aromatic heterocycles. The van der Waals surface area contributed by atoms with Gasteiger partial charge in [0.05, 0.1) is 11.4 Å². The second-order valence-corrected chi connectivity index (χ2v) is 7.33. The Morgan fingerprint density at radius 3 is 2.18 bits per heavy atom. The van der Waals surface area contributed by atoms with Crippen molar-refractivity contribution in [2.45, 2.75) is 31.4 Å². The van der Waals surface area contributed by atoms with Gasteiger partial charge in [-0.1, -0.05) is 48.5 Å². The van der Waals surface area contributed by atoms with Crippen molar-refractivity contribution in [2.24, 2.45) is 0 Å². The number of hydrogen-bond donors (Lipinski definition) is 1. The van der Waals surface area contributed by atoms with Crippen molar-refractivity contribution in [1.82, 2.24) is 14.7 Å². The SMILES string of the molecule is OC1(C(F)F)CCN(Cc2cn(-c3ccccc3)nc2-c2ccccc2)CC1. The van der Waals surface area contributed by atoms with Crippen LogP contribution >= 0.6 is 0 Å². The van der Waals surface area contributed by atoms with E-state index in [1.165, 1.54) is 0 Å². The van der Waals surface area contributed by atoms with Crippen LogP contribution in [0, 0.1) is 0 Å². The molecule has 1 aliphatic rings.